The Kier molecular flexibility index (Phi) is 3.75. The Labute approximate surface area is 117 Å². The van der Waals surface area contributed by atoms with E-state index in [4.69, 9.17) is 0 Å². The number of anilines is 1. The first-order valence-corrected chi connectivity index (χ1v) is 5.78. The third-order valence-corrected chi connectivity index (χ3v) is 2.69. The van der Waals surface area contributed by atoms with Gasteiger partial charge in [0.1, 0.15) is 11.5 Å². The maximum Gasteiger partial charge on any atom is 0.416 e. The van der Waals surface area contributed by atoms with Gasteiger partial charge in [0.15, 0.2) is 0 Å². The van der Waals surface area contributed by atoms with E-state index in [9.17, 15) is 28.2 Å². The number of phenols is 2. The summed E-state index contributed by atoms with van der Waals surface area (Å²) in [5, 5.41) is 21.1. The average Bonchev–Trinajstić information content (AvgIpc) is 2.41. The molecule has 0 aliphatic rings. The van der Waals surface area contributed by atoms with Crippen LogP contribution < -0.4 is 5.32 Å². The molecule has 1 amide bonds. The predicted octanol–water partition coefficient (Wildman–Crippen LogP) is 3.37. The van der Waals surface area contributed by atoms with Gasteiger partial charge in [-0.1, -0.05) is 0 Å². The molecule has 0 aromatic heterocycles. The highest BCUT2D eigenvalue weighted by Crippen LogP contribution is 2.30. The smallest absolute Gasteiger partial charge is 0.416 e. The van der Waals surface area contributed by atoms with Crippen LogP contribution in [0.25, 0.3) is 0 Å². The third-order valence-electron chi connectivity index (χ3n) is 2.69. The number of aromatic hydroxyl groups is 2. The third kappa shape index (κ3) is 3.44. The average molecular weight is 297 g/mol. The molecular weight excluding hydrogens is 287 g/mol. The van der Waals surface area contributed by atoms with Crippen LogP contribution in [-0.4, -0.2) is 16.1 Å². The molecule has 0 radical (unpaired) electrons. The van der Waals surface area contributed by atoms with E-state index in [1.807, 2.05) is 0 Å². The lowest BCUT2D eigenvalue weighted by Gasteiger charge is -2.09. The summed E-state index contributed by atoms with van der Waals surface area (Å²) in [7, 11) is 0. The van der Waals surface area contributed by atoms with E-state index in [2.05, 4.69) is 5.32 Å². The maximum atomic E-state index is 12.4. The molecule has 0 saturated heterocycles. The second kappa shape index (κ2) is 5.35. The van der Waals surface area contributed by atoms with Crippen molar-refractivity contribution < 1.29 is 28.2 Å². The van der Waals surface area contributed by atoms with E-state index in [1.165, 1.54) is 6.07 Å². The van der Waals surface area contributed by atoms with Gasteiger partial charge in [0.2, 0.25) is 0 Å². The second-order valence-corrected chi connectivity index (χ2v) is 4.23. The Morgan fingerprint density at radius 3 is 2.19 bits per heavy atom. The van der Waals surface area contributed by atoms with E-state index in [1.54, 1.807) is 0 Å². The molecule has 110 valence electrons. The maximum absolute atomic E-state index is 12.4. The fraction of sp³-hybridized carbons (Fsp3) is 0.0714. The number of phenolic OH excluding ortho intramolecular Hbond substituents is 2. The molecule has 0 saturated carbocycles. The van der Waals surface area contributed by atoms with E-state index in [-0.39, 0.29) is 22.7 Å². The zero-order valence-electron chi connectivity index (χ0n) is 10.5. The number of hydrogen-bond donors (Lipinski definition) is 3. The highest BCUT2D eigenvalue weighted by atomic mass is 19.4. The molecule has 0 heterocycles. The van der Waals surface area contributed by atoms with Crippen molar-refractivity contribution in [1.29, 1.82) is 0 Å². The van der Waals surface area contributed by atoms with Crippen molar-refractivity contribution >= 4 is 11.6 Å². The first-order valence-electron chi connectivity index (χ1n) is 5.78. The van der Waals surface area contributed by atoms with Crippen LogP contribution in [0.5, 0.6) is 11.5 Å². The first kappa shape index (κ1) is 14.7. The second-order valence-electron chi connectivity index (χ2n) is 4.23. The van der Waals surface area contributed by atoms with Crippen molar-refractivity contribution in [3.63, 3.8) is 0 Å². The standard InChI is InChI=1S/C14H10F3NO3/c15-14(16,17)8-1-3-9(4-2-8)18-13(21)11-7-10(19)5-6-12(11)20/h1-7,19-20H,(H,18,21). The van der Waals surface area contributed by atoms with Gasteiger partial charge in [-0.3, -0.25) is 4.79 Å². The minimum Gasteiger partial charge on any atom is -0.508 e. The van der Waals surface area contributed by atoms with E-state index >= 15 is 0 Å². The van der Waals surface area contributed by atoms with Gasteiger partial charge in [-0.2, -0.15) is 13.2 Å². The van der Waals surface area contributed by atoms with Gasteiger partial charge in [0, 0.05) is 5.69 Å². The highest BCUT2D eigenvalue weighted by molar-refractivity contribution is 6.06. The van der Waals surface area contributed by atoms with Gasteiger partial charge < -0.3 is 15.5 Å². The van der Waals surface area contributed by atoms with E-state index in [0.717, 1.165) is 36.4 Å². The highest BCUT2D eigenvalue weighted by Gasteiger charge is 2.30. The molecule has 0 aliphatic carbocycles. The molecule has 0 aliphatic heterocycles. The van der Waals surface area contributed by atoms with Crippen LogP contribution in [-0.2, 0) is 6.18 Å². The molecule has 0 unspecified atom stereocenters. The number of nitrogens with one attached hydrogen (secondary N) is 1. The number of rotatable bonds is 2. The molecule has 3 N–H and O–H groups in total. The van der Waals surface area contributed by atoms with Crippen LogP contribution in [0.1, 0.15) is 15.9 Å². The van der Waals surface area contributed by atoms with Gasteiger partial charge in [-0.25, -0.2) is 0 Å². The fourth-order valence-corrected chi connectivity index (χ4v) is 1.65. The summed E-state index contributed by atoms with van der Waals surface area (Å²) >= 11 is 0. The minimum absolute atomic E-state index is 0.135. The monoisotopic (exact) mass is 297 g/mol. The Morgan fingerprint density at radius 2 is 1.62 bits per heavy atom. The lowest BCUT2D eigenvalue weighted by atomic mass is 10.1. The Balaban J connectivity index is 2.18. The van der Waals surface area contributed by atoms with Crippen molar-refractivity contribution in [1.82, 2.24) is 0 Å². The van der Waals surface area contributed by atoms with Gasteiger partial charge in [0.25, 0.3) is 5.91 Å². The minimum atomic E-state index is -4.45. The summed E-state index contributed by atoms with van der Waals surface area (Å²) in [4.78, 5) is 11.9. The van der Waals surface area contributed by atoms with Crippen molar-refractivity contribution in [3.05, 3.63) is 53.6 Å². The number of benzene rings is 2. The summed E-state index contributed by atoms with van der Waals surface area (Å²) in [6, 6.07) is 7.24. The molecule has 0 bridgehead atoms. The molecule has 0 fully saturated rings. The molecule has 21 heavy (non-hydrogen) atoms. The number of alkyl halides is 3. The number of carbonyl (C=O) groups excluding carboxylic acids is 1. The van der Waals surface area contributed by atoms with Gasteiger partial charge in [0.05, 0.1) is 11.1 Å². The zero-order valence-corrected chi connectivity index (χ0v) is 10.5. The molecule has 2 rings (SSSR count). The Morgan fingerprint density at radius 1 is 1.00 bits per heavy atom. The molecular formula is C14H10F3NO3. The van der Waals surface area contributed by atoms with E-state index in [0.29, 0.717) is 0 Å². The number of halogens is 3. The summed E-state index contributed by atoms with van der Waals surface area (Å²) in [5.41, 5.74) is -0.883. The van der Waals surface area contributed by atoms with Crippen LogP contribution >= 0.6 is 0 Å². The topological polar surface area (TPSA) is 69.6 Å². The van der Waals surface area contributed by atoms with Crippen LogP contribution in [0.15, 0.2) is 42.5 Å². The van der Waals surface area contributed by atoms with Crippen molar-refractivity contribution in [3.8, 4) is 11.5 Å². The van der Waals surface area contributed by atoms with Gasteiger partial charge in [-0.15, -0.1) is 0 Å². The fourth-order valence-electron chi connectivity index (χ4n) is 1.65. The van der Waals surface area contributed by atoms with Crippen molar-refractivity contribution in [2.75, 3.05) is 5.32 Å². The SMILES string of the molecule is O=C(Nc1ccc(C(F)(F)F)cc1)c1cc(O)ccc1O. The lowest BCUT2D eigenvalue weighted by molar-refractivity contribution is -0.137. The van der Waals surface area contributed by atoms with Crippen molar-refractivity contribution in [2.24, 2.45) is 0 Å². The normalized spacial score (nSPS) is 11.2. The lowest BCUT2D eigenvalue weighted by Crippen LogP contribution is -2.12. The van der Waals surface area contributed by atoms with Gasteiger partial charge in [-0.05, 0) is 42.5 Å². The van der Waals surface area contributed by atoms with E-state index < -0.39 is 17.6 Å². The van der Waals surface area contributed by atoms with Crippen LogP contribution in [0.2, 0.25) is 0 Å². The number of amides is 1. The van der Waals surface area contributed by atoms with Crippen LogP contribution in [0, 0.1) is 0 Å². The predicted molar refractivity (Wildman–Crippen MR) is 69.2 cm³/mol. The molecule has 4 nitrogen and oxygen atoms in total. The Bertz CT molecular complexity index is 666. The molecule has 2 aromatic carbocycles. The van der Waals surface area contributed by atoms with Gasteiger partial charge >= 0.3 is 6.18 Å². The van der Waals surface area contributed by atoms with Crippen LogP contribution in [0.3, 0.4) is 0 Å². The number of carbonyl (C=O) groups is 1. The summed E-state index contributed by atoms with van der Waals surface area (Å²) in [6.45, 7) is 0. The molecule has 2 aromatic rings. The molecule has 0 spiro atoms. The largest absolute Gasteiger partial charge is 0.508 e. The van der Waals surface area contributed by atoms with Crippen molar-refractivity contribution in [2.45, 2.75) is 6.18 Å². The summed E-state index contributed by atoms with van der Waals surface area (Å²) < 4.78 is 37.2. The first-order chi connectivity index (χ1) is 9.77. The quantitative estimate of drug-likeness (QED) is 0.744. The summed E-state index contributed by atoms with van der Waals surface area (Å²) in [6.07, 6.45) is -4.45. The molecule has 7 heteroatoms. The molecule has 0 atom stereocenters. The Hall–Kier alpha value is -2.70. The zero-order chi connectivity index (χ0) is 15.6. The van der Waals surface area contributed by atoms with Crippen LogP contribution in [0.4, 0.5) is 18.9 Å². The number of hydrogen-bond acceptors (Lipinski definition) is 3. The summed E-state index contributed by atoms with van der Waals surface area (Å²) in [5.74, 6) is -1.31.